The van der Waals surface area contributed by atoms with Crippen LogP contribution in [-0.2, 0) is 47.8 Å². The third-order valence-corrected chi connectivity index (χ3v) is 10.6. The molecule has 6 rings (SSSR count). The highest BCUT2D eigenvalue weighted by molar-refractivity contribution is 7.92. The van der Waals surface area contributed by atoms with Gasteiger partial charge < -0.3 is 23.7 Å². The van der Waals surface area contributed by atoms with Gasteiger partial charge in [0.1, 0.15) is 19.8 Å². The molecule has 2 aromatic heterocycles. The number of sulfonamides is 1. The van der Waals surface area contributed by atoms with Gasteiger partial charge in [-0.15, -0.1) is 0 Å². The van der Waals surface area contributed by atoms with Crippen molar-refractivity contribution in [3.8, 4) is 34.8 Å². The molecule has 5 N–H and O–H groups in total. The lowest BCUT2D eigenvalue weighted by Gasteiger charge is -2.25. The zero-order valence-electron chi connectivity index (χ0n) is 35.4. The van der Waals surface area contributed by atoms with Crippen LogP contribution in [0.5, 0.6) is 23.1 Å². The lowest BCUT2D eigenvalue weighted by atomic mass is 9.85. The number of rotatable bonds is 22. The van der Waals surface area contributed by atoms with E-state index in [9.17, 15) is 18.0 Å². The number of hydrogen-bond acceptors (Lipinski definition) is 21. The molecular weight excluding hydrogens is 887 g/mol. The minimum atomic E-state index is -4.46. The zero-order valence-corrected chi connectivity index (χ0v) is 36.2. The van der Waals surface area contributed by atoms with Crippen molar-refractivity contribution in [2.45, 2.75) is 37.4 Å². The van der Waals surface area contributed by atoms with Crippen LogP contribution in [0.4, 0.5) is 5.82 Å². The second-order valence-corrected chi connectivity index (χ2v) is 16.1. The maximum absolute atomic E-state index is 14.2. The number of para-hydroxylation sites is 2. The summed E-state index contributed by atoms with van der Waals surface area (Å²) < 4.78 is 59.6. The molecule has 0 amide bonds. The lowest BCUT2D eigenvalue weighted by molar-refractivity contribution is -0.497. The van der Waals surface area contributed by atoms with E-state index >= 15 is 0 Å². The largest absolute Gasteiger partial charge is 0.493 e. The van der Waals surface area contributed by atoms with Crippen molar-refractivity contribution in [1.29, 1.82) is 0 Å². The number of carbonyl (C=O) groups is 2. The Bertz CT molecular complexity index is 2710. The zero-order chi connectivity index (χ0) is 47.3. The Kier molecular flexibility index (Phi) is 16.2. The fraction of sp³-hybridized carbons (Fsp3) is 0.209. The van der Waals surface area contributed by atoms with Crippen molar-refractivity contribution >= 4 is 27.8 Å². The number of aromatic nitrogens is 4. The van der Waals surface area contributed by atoms with Crippen LogP contribution in [0.2, 0.25) is 0 Å². The van der Waals surface area contributed by atoms with E-state index in [1.165, 1.54) is 55.9 Å². The molecule has 6 aromatic rings. The molecule has 0 aliphatic carbocycles. The molecule has 0 atom stereocenters. The van der Waals surface area contributed by atoms with Crippen molar-refractivity contribution in [2.24, 2.45) is 0 Å². The maximum Gasteiger partial charge on any atom is 0.338 e. The molecule has 0 aliphatic heterocycles. The molecule has 0 aliphatic rings. The first-order chi connectivity index (χ1) is 31.6. The van der Waals surface area contributed by atoms with Gasteiger partial charge in [0.05, 0.1) is 47.1 Å². The second kappa shape index (κ2) is 22.1. The predicted octanol–water partition coefficient (Wildman–Crippen LogP) is 5.93. The molecule has 0 spiro atoms. The van der Waals surface area contributed by atoms with E-state index < -0.39 is 38.2 Å². The highest BCUT2D eigenvalue weighted by atomic mass is 32.2. The Hall–Kier alpha value is -7.19. The van der Waals surface area contributed by atoms with Crippen LogP contribution in [0.1, 0.15) is 51.3 Å². The number of hydrogen-bond donors (Lipinski definition) is 5. The predicted molar refractivity (Wildman–Crippen MR) is 226 cm³/mol. The van der Waals surface area contributed by atoms with E-state index in [0.717, 1.165) is 0 Å². The highest BCUT2D eigenvalue weighted by Crippen LogP contribution is 2.41. The minimum Gasteiger partial charge on any atom is -0.493 e. The van der Waals surface area contributed by atoms with Crippen LogP contribution in [0.25, 0.3) is 11.6 Å². The van der Waals surface area contributed by atoms with Crippen molar-refractivity contribution < 1.29 is 72.2 Å². The minimum absolute atomic E-state index is 0.00110. The molecule has 0 radical (unpaired) electrons. The first-order valence-corrected chi connectivity index (χ1v) is 21.0. The molecule has 2 heterocycles. The van der Waals surface area contributed by atoms with Gasteiger partial charge in [-0.1, -0.05) is 62.4 Å². The first-order valence-electron chi connectivity index (χ1n) is 19.5. The van der Waals surface area contributed by atoms with Crippen LogP contribution >= 0.6 is 0 Å². The SMILES string of the molecule is COc1ccccc1Oc1c(NS(=O)(=O)c2ccc(C(C)(C)COC(=O)c3cccc(CON(O)O)c3)cc2)nc(-c2ncccn2)nc1OCCOC(=O)c1cccc(CON(O)O)c1. The normalized spacial score (nSPS) is 11.6. The third kappa shape index (κ3) is 13.2. The van der Waals surface area contributed by atoms with E-state index in [0.29, 0.717) is 16.7 Å². The van der Waals surface area contributed by atoms with Gasteiger partial charge in [0.2, 0.25) is 11.6 Å². The second-order valence-electron chi connectivity index (χ2n) is 14.4. The molecule has 0 unspecified atom stereocenters. The summed E-state index contributed by atoms with van der Waals surface area (Å²) in [6, 6.07) is 26.2. The summed E-state index contributed by atoms with van der Waals surface area (Å²) >= 11 is 0. The van der Waals surface area contributed by atoms with Gasteiger partial charge in [-0.2, -0.15) is 4.98 Å². The van der Waals surface area contributed by atoms with Gasteiger partial charge in [0, 0.05) is 17.8 Å². The van der Waals surface area contributed by atoms with Gasteiger partial charge >= 0.3 is 11.9 Å². The van der Waals surface area contributed by atoms with E-state index in [-0.39, 0.29) is 89.7 Å². The summed E-state index contributed by atoms with van der Waals surface area (Å²) in [5.74, 6) is -2.13. The molecule has 22 nitrogen and oxygen atoms in total. The summed E-state index contributed by atoms with van der Waals surface area (Å²) in [4.78, 5) is 52.2. The molecular formula is C43H43N7O15S. The number of nitrogens with zero attached hydrogens (tertiary/aromatic N) is 6. The number of nitrogens with one attached hydrogen (secondary N) is 1. The van der Waals surface area contributed by atoms with Crippen LogP contribution < -0.4 is 18.9 Å². The van der Waals surface area contributed by atoms with Gasteiger partial charge in [-0.25, -0.2) is 42.6 Å². The quantitative estimate of drug-likeness (QED) is 0.0299. The smallest absolute Gasteiger partial charge is 0.338 e. The van der Waals surface area contributed by atoms with Crippen LogP contribution in [0.3, 0.4) is 0 Å². The monoisotopic (exact) mass is 929 g/mol. The number of benzene rings is 4. The molecule has 0 bridgehead atoms. The Morgan fingerprint density at radius 1 is 0.697 bits per heavy atom. The molecule has 0 saturated carbocycles. The molecule has 0 saturated heterocycles. The Balaban J connectivity index is 1.24. The topological polar surface area (TPSA) is 284 Å². The van der Waals surface area contributed by atoms with Crippen molar-refractivity contribution in [3.63, 3.8) is 0 Å². The van der Waals surface area contributed by atoms with Gasteiger partial charge in [-0.3, -0.25) is 25.6 Å². The van der Waals surface area contributed by atoms with E-state index in [1.807, 2.05) is 0 Å². The third-order valence-electron chi connectivity index (χ3n) is 9.20. The standard InChI is InChI=1S/C43H43N7O15S/c1-43(2,27-62-42(52)31-12-7-10-29(24-31)26-64-50(55)56)32-15-17-33(18-16-32)66(57,58)48-37-36(65-35-14-5-4-13-34(35)59-3)40(47-39(46-37)38-44-19-8-20-45-38)60-21-22-61-41(51)30-11-6-9-28(23-30)25-63-49(53)54/h4-20,23-24,53-56H,21-22,25-27H2,1-3H3,(H,46,47,48). The first kappa shape index (κ1) is 48.3. The summed E-state index contributed by atoms with van der Waals surface area (Å²) in [5.41, 5.74) is 1.08. The number of methoxy groups -OCH3 is 1. The fourth-order valence-electron chi connectivity index (χ4n) is 5.90. The number of esters is 2. The summed E-state index contributed by atoms with van der Waals surface area (Å²) in [6.45, 7) is 2.41. The van der Waals surface area contributed by atoms with Crippen LogP contribution in [0, 0.1) is 0 Å². The van der Waals surface area contributed by atoms with Gasteiger partial charge in [-0.05, 0) is 71.3 Å². The van der Waals surface area contributed by atoms with Gasteiger partial charge in [0.25, 0.3) is 15.9 Å². The number of anilines is 1. The van der Waals surface area contributed by atoms with Crippen molar-refractivity contribution in [2.75, 3.05) is 31.7 Å². The molecule has 0 fully saturated rings. The molecule has 4 aromatic carbocycles. The van der Waals surface area contributed by atoms with Gasteiger partial charge in [0.15, 0.2) is 23.1 Å². The van der Waals surface area contributed by atoms with E-state index in [2.05, 4.69) is 34.3 Å². The molecule has 66 heavy (non-hydrogen) atoms. The Morgan fingerprint density at radius 3 is 1.88 bits per heavy atom. The van der Waals surface area contributed by atoms with Crippen LogP contribution in [0.15, 0.2) is 120 Å². The molecule has 23 heteroatoms. The number of carbonyl (C=O) groups excluding carboxylic acids is 2. The average Bonchev–Trinajstić information content (AvgIpc) is 3.32. The van der Waals surface area contributed by atoms with E-state index in [4.69, 9.17) is 44.5 Å². The number of ether oxygens (including phenoxy) is 5. The summed E-state index contributed by atoms with van der Waals surface area (Å²) in [7, 11) is -3.05. The highest BCUT2D eigenvalue weighted by Gasteiger charge is 2.28. The van der Waals surface area contributed by atoms with Crippen molar-refractivity contribution in [3.05, 3.63) is 143 Å². The van der Waals surface area contributed by atoms with E-state index in [1.54, 1.807) is 80.6 Å². The van der Waals surface area contributed by atoms with Crippen molar-refractivity contribution in [1.82, 2.24) is 30.7 Å². The average molecular weight is 930 g/mol. The molecule has 346 valence electrons. The maximum atomic E-state index is 14.2. The Morgan fingerprint density at radius 2 is 1.29 bits per heavy atom. The lowest BCUT2D eigenvalue weighted by Crippen LogP contribution is -2.26. The Labute approximate surface area is 376 Å². The fourth-order valence-corrected chi connectivity index (χ4v) is 6.90. The van der Waals surface area contributed by atoms with Crippen LogP contribution in [-0.4, -0.2) is 98.8 Å². The summed E-state index contributed by atoms with van der Waals surface area (Å²) in [6.07, 6.45) is 2.87. The summed E-state index contributed by atoms with van der Waals surface area (Å²) in [5, 5.41) is 34.5.